The highest BCUT2D eigenvalue weighted by atomic mass is 32.2. The van der Waals surface area contributed by atoms with Crippen LogP contribution in [0.1, 0.15) is 19.3 Å². The average Bonchev–Trinajstić information content (AvgIpc) is 3.10. The molecule has 0 spiro atoms. The van der Waals surface area contributed by atoms with Gasteiger partial charge in [0.1, 0.15) is 11.3 Å². The minimum absolute atomic E-state index is 0.0205. The summed E-state index contributed by atoms with van der Waals surface area (Å²) in [5, 5.41) is 9.26. The molecule has 0 radical (unpaired) electrons. The lowest BCUT2D eigenvalue weighted by Gasteiger charge is -2.19. The molecule has 1 heterocycles. The van der Waals surface area contributed by atoms with Gasteiger partial charge in [-0.3, -0.25) is 4.79 Å². The summed E-state index contributed by atoms with van der Waals surface area (Å²) in [6, 6.07) is 8.19. The Bertz CT molecular complexity index is 813. The number of fused-ring (bicyclic) bond motifs is 1. The predicted octanol–water partition coefficient (Wildman–Crippen LogP) is 2.30. The number of carboxylic acids is 1. The molecule has 1 fully saturated rings. The molecule has 6 nitrogen and oxygen atoms in total. The SMILES string of the molecule is O=C(O)[C@@H]1CC[C@](F)(CNS(=O)(=O)c2cc3ccccc3o2)C1. The van der Waals surface area contributed by atoms with Crippen molar-refractivity contribution in [3.05, 3.63) is 30.3 Å². The maximum Gasteiger partial charge on any atom is 0.306 e. The fourth-order valence-electron chi connectivity index (χ4n) is 2.84. The van der Waals surface area contributed by atoms with Crippen LogP contribution in [-0.4, -0.2) is 31.7 Å². The summed E-state index contributed by atoms with van der Waals surface area (Å²) >= 11 is 0. The summed E-state index contributed by atoms with van der Waals surface area (Å²) < 4.78 is 46.5. The zero-order valence-electron chi connectivity index (χ0n) is 12.2. The number of nitrogens with one attached hydrogen (secondary N) is 1. The van der Waals surface area contributed by atoms with Crippen LogP contribution >= 0.6 is 0 Å². The first-order chi connectivity index (χ1) is 10.8. The molecule has 1 aliphatic rings. The van der Waals surface area contributed by atoms with Gasteiger partial charge in [0.2, 0.25) is 5.09 Å². The van der Waals surface area contributed by atoms with Crippen molar-refractivity contribution in [2.75, 3.05) is 6.54 Å². The zero-order chi connectivity index (χ0) is 16.7. The Balaban J connectivity index is 1.73. The Morgan fingerprint density at radius 1 is 1.43 bits per heavy atom. The molecule has 1 aromatic carbocycles. The van der Waals surface area contributed by atoms with Crippen LogP contribution in [0.25, 0.3) is 11.0 Å². The van der Waals surface area contributed by atoms with E-state index in [9.17, 15) is 17.6 Å². The van der Waals surface area contributed by atoms with Gasteiger partial charge in [-0.05, 0) is 25.3 Å². The van der Waals surface area contributed by atoms with Gasteiger partial charge in [-0.1, -0.05) is 18.2 Å². The highest BCUT2D eigenvalue weighted by molar-refractivity contribution is 7.89. The molecular weight excluding hydrogens is 325 g/mol. The second kappa shape index (κ2) is 5.61. The number of hydrogen-bond acceptors (Lipinski definition) is 4. The molecule has 23 heavy (non-hydrogen) atoms. The number of furan rings is 1. The topological polar surface area (TPSA) is 96.6 Å². The fourth-order valence-corrected chi connectivity index (χ4v) is 3.91. The van der Waals surface area contributed by atoms with E-state index in [1.165, 1.54) is 6.07 Å². The Morgan fingerprint density at radius 3 is 2.83 bits per heavy atom. The van der Waals surface area contributed by atoms with Crippen LogP contribution in [0.15, 0.2) is 39.8 Å². The van der Waals surface area contributed by atoms with E-state index in [1.54, 1.807) is 24.3 Å². The van der Waals surface area contributed by atoms with Gasteiger partial charge in [0.05, 0.1) is 5.92 Å². The highest BCUT2D eigenvalue weighted by Gasteiger charge is 2.43. The third kappa shape index (κ3) is 3.23. The second-order valence-corrected chi connectivity index (χ2v) is 7.55. The number of hydrogen-bond donors (Lipinski definition) is 2. The lowest BCUT2D eigenvalue weighted by atomic mass is 10.0. The number of aliphatic carboxylic acids is 1. The number of benzene rings is 1. The number of para-hydroxylation sites is 1. The molecule has 1 saturated carbocycles. The molecule has 0 aliphatic heterocycles. The molecule has 8 heteroatoms. The Kier molecular flexibility index (Phi) is 3.89. The third-order valence-corrected chi connectivity index (χ3v) is 5.40. The first-order valence-corrected chi connectivity index (χ1v) is 8.67. The number of rotatable bonds is 5. The van der Waals surface area contributed by atoms with Crippen molar-refractivity contribution in [2.24, 2.45) is 5.92 Å². The van der Waals surface area contributed by atoms with Gasteiger partial charge in [-0.2, -0.15) is 0 Å². The van der Waals surface area contributed by atoms with Crippen molar-refractivity contribution < 1.29 is 27.1 Å². The summed E-state index contributed by atoms with van der Waals surface area (Å²) in [6.07, 6.45) is 0.0375. The zero-order valence-corrected chi connectivity index (χ0v) is 13.0. The first-order valence-electron chi connectivity index (χ1n) is 7.19. The normalized spacial score (nSPS) is 25.0. The van der Waals surface area contributed by atoms with E-state index < -0.39 is 34.1 Å². The van der Waals surface area contributed by atoms with Gasteiger partial charge in [-0.15, -0.1) is 0 Å². The third-order valence-electron chi connectivity index (χ3n) is 4.15. The van der Waals surface area contributed by atoms with Gasteiger partial charge in [0.15, 0.2) is 0 Å². The van der Waals surface area contributed by atoms with Gasteiger partial charge < -0.3 is 9.52 Å². The van der Waals surface area contributed by atoms with E-state index in [2.05, 4.69) is 4.72 Å². The molecule has 1 aliphatic carbocycles. The van der Waals surface area contributed by atoms with Crippen molar-refractivity contribution in [3.8, 4) is 0 Å². The van der Waals surface area contributed by atoms with E-state index in [0.29, 0.717) is 11.0 Å². The summed E-state index contributed by atoms with van der Waals surface area (Å²) in [7, 11) is -3.99. The van der Waals surface area contributed by atoms with Crippen molar-refractivity contribution >= 4 is 27.0 Å². The van der Waals surface area contributed by atoms with E-state index >= 15 is 0 Å². The van der Waals surface area contributed by atoms with Crippen molar-refractivity contribution in [1.82, 2.24) is 4.72 Å². The maximum absolute atomic E-state index is 14.6. The Hall–Kier alpha value is -1.93. The number of alkyl halides is 1. The summed E-state index contributed by atoms with van der Waals surface area (Å²) in [5.74, 6) is -1.82. The average molecular weight is 341 g/mol. The smallest absolute Gasteiger partial charge is 0.306 e. The number of carbonyl (C=O) groups is 1. The van der Waals surface area contributed by atoms with Crippen LogP contribution in [0.3, 0.4) is 0 Å². The van der Waals surface area contributed by atoms with Crippen molar-refractivity contribution in [3.63, 3.8) is 0 Å². The van der Waals surface area contributed by atoms with Gasteiger partial charge in [0.25, 0.3) is 10.0 Å². The van der Waals surface area contributed by atoms with E-state index in [-0.39, 0.29) is 24.4 Å². The highest BCUT2D eigenvalue weighted by Crippen LogP contribution is 2.37. The molecule has 2 atom stereocenters. The van der Waals surface area contributed by atoms with Crippen LogP contribution in [0.2, 0.25) is 0 Å². The predicted molar refractivity (Wildman–Crippen MR) is 80.2 cm³/mol. The number of carboxylic acid groups (broad SMARTS) is 1. The molecule has 1 aromatic heterocycles. The summed E-state index contributed by atoms with van der Waals surface area (Å²) in [5.41, 5.74) is -1.42. The molecule has 0 unspecified atom stereocenters. The van der Waals surface area contributed by atoms with Crippen molar-refractivity contribution in [1.29, 1.82) is 0 Å². The largest absolute Gasteiger partial charge is 0.481 e. The molecule has 0 amide bonds. The summed E-state index contributed by atoms with van der Waals surface area (Å²) in [4.78, 5) is 10.9. The monoisotopic (exact) mass is 341 g/mol. The molecular formula is C15H16FNO5S. The van der Waals surface area contributed by atoms with Gasteiger partial charge in [-0.25, -0.2) is 17.5 Å². The molecule has 3 rings (SSSR count). The van der Waals surface area contributed by atoms with Gasteiger partial charge >= 0.3 is 5.97 Å². The Morgan fingerprint density at radius 2 is 2.17 bits per heavy atom. The molecule has 0 bridgehead atoms. The lowest BCUT2D eigenvalue weighted by Crippen LogP contribution is -2.38. The minimum atomic E-state index is -3.99. The van der Waals surface area contributed by atoms with Crippen LogP contribution in [0.5, 0.6) is 0 Å². The van der Waals surface area contributed by atoms with E-state index in [0.717, 1.165) is 0 Å². The Labute approximate surface area is 132 Å². The van der Waals surface area contributed by atoms with E-state index in [4.69, 9.17) is 9.52 Å². The van der Waals surface area contributed by atoms with Gasteiger partial charge in [0, 0.05) is 18.0 Å². The summed E-state index contributed by atoms with van der Waals surface area (Å²) in [6.45, 7) is -0.462. The second-order valence-electron chi connectivity index (χ2n) is 5.86. The molecule has 2 aromatic rings. The first kappa shape index (κ1) is 15.9. The quantitative estimate of drug-likeness (QED) is 0.870. The molecule has 0 saturated heterocycles. The van der Waals surface area contributed by atoms with Crippen LogP contribution in [-0.2, 0) is 14.8 Å². The van der Waals surface area contributed by atoms with Crippen LogP contribution in [0.4, 0.5) is 4.39 Å². The van der Waals surface area contributed by atoms with E-state index in [1.807, 2.05) is 0 Å². The molecule has 2 N–H and O–H groups in total. The molecule has 124 valence electrons. The van der Waals surface area contributed by atoms with Crippen LogP contribution < -0.4 is 4.72 Å². The fraction of sp³-hybridized carbons (Fsp3) is 0.400. The number of halogens is 1. The van der Waals surface area contributed by atoms with Crippen LogP contribution in [0, 0.1) is 5.92 Å². The maximum atomic E-state index is 14.6. The standard InChI is InChI=1S/C15H16FNO5S/c16-15(6-5-11(8-15)14(18)19)9-17-23(20,21)13-7-10-3-1-2-4-12(10)22-13/h1-4,7,11,17H,5-6,8-9H2,(H,18,19)/t11-,15-/m1/s1. The minimum Gasteiger partial charge on any atom is -0.481 e. The number of sulfonamides is 1. The lowest BCUT2D eigenvalue weighted by molar-refractivity contribution is -0.141. The van der Waals surface area contributed by atoms with Crippen molar-refractivity contribution in [2.45, 2.75) is 30.0 Å².